The van der Waals surface area contributed by atoms with Gasteiger partial charge in [-0.05, 0) is 12.0 Å². The van der Waals surface area contributed by atoms with E-state index in [0.717, 1.165) is 13.0 Å². The third kappa shape index (κ3) is 1.20. The summed E-state index contributed by atoms with van der Waals surface area (Å²) >= 11 is 0. The zero-order valence-electron chi connectivity index (χ0n) is 4.93. The molecule has 0 fully saturated rings. The van der Waals surface area contributed by atoms with E-state index < -0.39 is 0 Å². The number of quaternary nitrogens is 1. The first-order valence-electron chi connectivity index (χ1n) is 2.89. The third-order valence-corrected chi connectivity index (χ3v) is 1.25. The second-order valence-electron chi connectivity index (χ2n) is 1.95. The molecule has 1 aliphatic carbocycles. The summed E-state index contributed by atoms with van der Waals surface area (Å²) in [5.41, 5.74) is 1.47. The SMILES string of the molecule is [CH2-][NH2+]CC1=CC=CC1. The zero-order valence-corrected chi connectivity index (χ0v) is 4.93. The quantitative estimate of drug-likeness (QED) is 0.489. The van der Waals surface area contributed by atoms with Crippen molar-refractivity contribution < 1.29 is 5.32 Å². The summed E-state index contributed by atoms with van der Waals surface area (Å²) < 4.78 is 0. The fraction of sp³-hybridized carbons (Fsp3) is 0.286. The van der Waals surface area contributed by atoms with Crippen molar-refractivity contribution in [1.29, 1.82) is 0 Å². The highest BCUT2D eigenvalue weighted by Crippen LogP contribution is 2.06. The number of rotatable bonds is 2. The molecule has 0 saturated heterocycles. The van der Waals surface area contributed by atoms with Crippen LogP contribution in [0.2, 0.25) is 0 Å². The number of hydrogen-bond donors (Lipinski definition) is 1. The van der Waals surface area contributed by atoms with Crippen LogP contribution in [0.4, 0.5) is 0 Å². The molecular formula is C7H11N. The molecule has 0 aromatic heterocycles. The van der Waals surface area contributed by atoms with Crippen LogP contribution in [0.1, 0.15) is 6.42 Å². The molecule has 0 atom stereocenters. The fourth-order valence-corrected chi connectivity index (χ4v) is 0.828. The highest BCUT2D eigenvalue weighted by atomic mass is 14.8. The van der Waals surface area contributed by atoms with Gasteiger partial charge < -0.3 is 5.32 Å². The van der Waals surface area contributed by atoms with E-state index in [1.165, 1.54) is 5.57 Å². The monoisotopic (exact) mass is 109 g/mol. The zero-order chi connectivity index (χ0) is 5.82. The summed E-state index contributed by atoms with van der Waals surface area (Å²) in [6.45, 7) is 1.05. The van der Waals surface area contributed by atoms with Crippen LogP contribution in [0.15, 0.2) is 23.8 Å². The van der Waals surface area contributed by atoms with Crippen LogP contribution < -0.4 is 5.32 Å². The van der Waals surface area contributed by atoms with Gasteiger partial charge in [-0.25, -0.2) is 0 Å². The fourth-order valence-electron chi connectivity index (χ4n) is 0.828. The Morgan fingerprint density at radius 2 is 2.62 bits per heavy atom. The average molecular weight is 109 g/mol. The first kappa shape index (κ1) is 5.57. The van der Waals surface area contributed by atoms with Gasteiger partial charge >= 0.3 is 0 Å². The van der Waals surface area contributed by atoms with Gasteiger partial charge in [0.15, 0.2) is 0 Å². The van der Waals surface area contributed by atoms with Crippen molar-refractivity contribution in [3.05, 3.63) is 30.8 Å². The van der Waals surface area contributed by atoms with E-state index in [-0.39, 0.29) is 0 Å². The minimum Gasteiger partial charge on any atom is -0.475 e. The Hall–Kier alpha value is -0.560. The van der Waals surface area contributed by atoms with Crippen LogP contribution in [-0.4, -0.2) is 6.54 Å². The van der Waals surface area contributed by atoms with Crippen molar-refractivity contribution in [3.8, 4) is 0 Å². The summed E-state index contributed by atoms with van der Waals surface area (Å²) in [4.78, 5) is 0. The molecule has 0 aliphatic heterocycles. The molecule has 0 unspecified atom stereocenters. The molecule has 0 bridgehead atoms. The Morgan fingerprint density at radius 3 is 3.12 bits per heavy atom. The molecule has 1 nitrogen and oxygen atoms in total. The van der Waals surface area contributed by atoms with Crippen LogP contribution in [0.5, 0.6) is 0 Å². The molecular weight excluding hydrogens is 98.1 g/mol. The van der Waals surface area contributed by atoms with Gasteiger partial charge in [-0.3, -0.25) is 0 Å². The molecule has 0 saturated carbocycles. The summed E-state index contributed by atoms with van der Waals surface area (Å²) in [7, 11) is 3.66. The molecule has 1 heteroatoms. The van der Waals surface area contributed by atoms with Crippen molar-refractivity contribution in [2.45, 2.75) is 6.42 Å². The average Bonchev–Trinajstić information content (AvgIpc) is 2.19. The minimum atomic E-state index is 1.05. The number of nitrogens with two attached hydrogens (primary N) is 1. The van der Waals surface area contributed by atoms with E-state index in [0.29, 0.717) is 0 Å². The lowest BCUT2D eigenvalue weighted by Gasteiger charge is -1.98. The van der Waals surface area contributed by atoms with Crippen molar-refractivity contribution in [2.24, 2.45) is 0 Å². The van der Waals surface area contributed by atoms with Crippen LogP contribution in [0, 0.1) is 7.05 Å². The highest BCUT2D eigenvalue weighted by Gasteiger charge is 1.95. The predicted octanol–water partition coefficient (Wildman–Crippen LogP) is 0.228. The van der Waals surface area contributed by atoms with Crippen molar-refractivity contribution >= 4 is 0 Å². The first-order valence-corrected chi connectivity index (χ1v) is 2.89. The van der Waals surface area contributed by atoms with Crippen molar-refractivity contribution in [2.75, 3.05) is 6.54 Å². The summed E-state index contributed by atoms with van der Waals surface area (Å²) in [6.07, 6.45) is 7.55. The molecule has 44 valence electrons. The maximum atomic E-state index is 3.66. The van der Waals surface area contributed by atoms with Gasteiger partial charge in [-0.15, -0.1) is 0 Å². The van der Waals surface area contributed by atoms with E-state index in [9.17, 15) is 0 Å². The van der Waals surface area contributed by atoms with Gasteiger partial charge in [-0.1, -0.05) is 18.2 Å². The molecule has 2 N–H and O–H groups in total. The molecule has 8 heavy (non-hydrogen) atoms. The van der Waals surface area contributed by atoms with Gasteiger partial charge in [-0.2, -0.15) is 7.05 Å². The van der Waals surface area contributed by atoms with Crippen molar-refractivity contribution in [3.63, 3.8) is 0 Å². The summed E-state index contributed by atoms with van der Waals surface area (Å²) in [5, 5.41) is 1.94. The number of hydrogen-bond acceptors (Lipinski definition) is 0. The van der Waals surface area contributed by atoms with Gasteiger partial charge in [0.2, 0.25) is 0 Å². The Labute approximate surface area is 50.1 Å². The molecule has 0 radical (unpaired) electrons. The Morgan fingerprint density at radius 1 is 1.75 bits per heavy atom. The maximum absolute atomic E-state index is 3.66. The summed E-state index contributed by atoms with van der Waals surface area (Å²) in [6, 6.07) is 0. The molecule has 0 amide bonds. The molecule has 1 aliphatic rings. The van der Waals surface area contributed by atoms with Crippen LogP contribution >= 0.6 is 0 Å². The molecule has 1 rings (SSSR count). The summed E-state index contributed by atoms with van der Waals surface area (Å²) in [5.74, 6) is 0. The number of allylic oxidation sites excluding steroid dienone is 3. The van der Waals surface area contributed by atoms with E-state index >= 15 is 0 Å². The predicted molar refractivity (Wildman–Crippen MR) is 34.0 cm³/mol. The van der Waals surface area contributed by atoms with E-state index in [1.807, 2.05) is 5.32 Å². The smallest absolute Gasteiger partial charge is 0.0738 e. The lowest BCUT2D eigenvalue weighted by Crippen LogP contribution is -2.77. The van der Waals surface area contributed by atoms with E-state index in [4.69, 9.17) is 0 Å². The largest absolute Gasteiger partial charge is 0.475 e. The normalized spacial score (nSPS) is 16.9. The van der Waals surface area contributed by atoms with Crippen molar-refractivity contribution in [1.82, 2.24) is 0 Å². The van der Waals surface area contributed by atoms with Gasteiger partial charge in [0, 0.05) is 0 Å². The minimum absolute atomic E-state index is 1.05. The second kappa shape index (κ2) is 2.68. The Balaban J connectivity index is 2.28. The lowest BCUT2D eigenvalue weighted by molar-refractivity contribution is -0.587. The Kier molecular flexibility index (Phi) is 1.86. The Bertz CT molecular complexity index is 122. The van der Waals surface area contributed by atoms with E-state index in [2.05, 4.69) is 25.3 Å². The maximum Gasteiger partial charge on any atom is 0.0738 e. The lowest BCUT2D eigenvalue weighted by atomic mass is 10.2. The molecule has 0 aromatic rings. The highest BCUT2D eigenvalue weighted by molar-refractivity contribution is 5.22. The van der Waals surface area contributed by atoms with Crippen LogP contribution in [0.3, 0.4) is 0 Å². The van der Waals surface area contributed by atoms with Gasteiger partial charge in [0.05, 0.1) is 6.54 Å². The van der Waals surface area contributed by atoms with Gasteiger partial charge in [0.25, 0.3) is 0 Å². The molecule has 0 spiro atoms. The topological polar surface area (TPSA) is 16.6 Å². The third-order valence-electron chi connectivity index (χ3n) is 1.25. The second-order valence-corrected chi connectivity index (χ2v) is 1.95. The van der Waals surface area contributed by atoms with Crippen LogP contribution in [0.25, 0.3) is 0 Å². The standard InChI is InChI=1S/C7H11N/c1-8-6-7-4-2-3-5-7/h2-4H,1,5-6,8H2. The molecule has 0 aromatic carbocycles. The first-order chi connectivity index (χ1) is 3.93. The van der Waals surface area contributed by atoms with E-state index in [1.54, 1.807) is 0 Å². The molecule has 0 heterocycles. The van der Waals surface area contributed by atoms with Gasteiger partial charge in [0.1, 0.15) is 0 Å². The van der Waals surface area contributed by atoms with Crippen LogP contribution in [-0.2, 0) is 0 Å².